The molecule has 1 fully saturated rings. The molecule has 0 atom stereocenters. The SMILES string of the molecule is CC(C)(C)n1nccc1Nc1cccc(CC2(C(=O)NNC=O)CCC(Oc3cccc(C(F)(F)F)c3F)CC2)n1. The minimum atomic E-state index is -4.85. The Bertz CT molecular complexity index is 1380. The molecule has 3 N–H and O–H groups in total. The highest BCUT2D eigenvalue weighted by Gasteiger charge is 2.43. The number of alkyl halides is 3. The molecule has 4 rings (SSSR count). The number of benzene rings is 1. The zero-order chi connectivity index (χ0) is 29.8. The topological polar surface area (TPSA) is 110 Å². The fraction of sp³-hybridized carbons (Fsp3) is 0.429. The molecule has 1 aliphatic carbocycles. The predicted molar refractivity (Wildman–Crippen MR) is 143 cm³/mol. The molecule has 0 spiro atoms. The molecule has 0 bridgehead atoms. The number of nitrogens with one attached hydrogen (secondary N) is 3. The average molecular weight is 577 g/mol. The van der Waals surface area contributed by atoms with Crippen molar-refractivity contribution in [1.29, 1.82) is 0 Å². The molecule has 0 radical (unpaired) electrons. The van der Waals surface area contributed by atoms with Crippen LogP contribution >= 0.6 is 0 Å². The van der Waals surface area contributed by atoms with Crippen LogP contribution in [0.2, 0.25) is 0 Å². The Morgan fingerprint density at radius 3 is 2.49 bits per heavy atom. The van der Waals surface area contributed by atoms with Gasteiger partial charge in [-0.05, 0) is 70.7 Å². The molecule has 2 aromatic heterocycles. The summed E-state index contributed by atoms with van der Waals surface area (Å²) >= 11 is 0. The molecule has 1 aromatic carbocycles. The van der Waals surface area contributed by atoms with Gasteiger partial charge in [-0.1, -0.05) is 12.1 Å². The Kier molecular flexibility index (Phi) is 8.55. The van der Waals surface area contributed by atoms with Gasteiger partial charge in [0.1, 0.15) is 11.6 Å². The van der Waals surface area contributed by atoms with E-state index in [1.165, 1.54) is 0 Å². The molecular weight excluding hydrogens is 544 g/mol. The first-order chi connectivity index (χ1) is 19.3. The number of hydrazine groups is 1. The van der Waals surface area contributed by atoms with E-state index >= 15 is 0 Å². The van der Waals surface area contributed by atoms with Gasteiger partial charge in [-0.15, -0.1) is 0 Å². The van der Waals surface area contributed by atoms with Gasteiger partial charge in [-0.25, -0.2) is 14.1 Å². The Balaban J connectivity index is 1.51. The zero-order valence-electron chi connectivity index (χ0n) is 22.9. The van der Waals surface area contributed by atoms with E-state index < -0.39 is 40.7 Å². The van der Waals surface area contributed by atoms with Crippen molar-refractivity contribution in [1.82, 2.24) is 25.6 Å². The molecule has 0 unspecified atom stereocenters. The maximum absolute atomic E-state index is 14.5. The Morgan fingerprint density at radius 2 is 1.83 bits per heavy atom. The number of hydrogen-bond donors (Lipinski definition) is 3. The van der Waals surface area contributed by atoms with Crippen LogP contribution in [0.5, 0.6) is 5.75 Å². The highest BCUT2D eigenvalue weighted by Crippen LogP contribution is 2.42. The van der Waals surface area contributed by atoms with Crippen LogP contribution in [0, 0.1) is 11.2 Å². The summed E-state index contributed by atoms with van der Waals surface area (Å²) in [5.74, 6) is -1.10. The molecule has 1 saturated carbocycles. The molecule has 220 valence electrons. The Morgan fingerprint density at radius 1 is 1.12 bits per heavy atom. The molecular formula is C28H32F4N6O3. The van der Waals surface area contributed by atoms with E-state index in [4.69, 9.17) is 9.72 Å². The van der Waals surface area contributed by atoms with E-state index in [-0.39, 0.29) is 37.6 Å². The number of carbonyl (C=O) groups is 2. The van der Waals surface area contributed by atoms with E-state index in [2.05, 4.69) is 21.3 Å². The lowest BCUT2D eigenvalue weighted by Gasteiger charge is -2.38. The molecule has 0 saturated heterocycles. The fourth-order valence-corrected chi connectivity index (χ4v) is 5.03. The standard InChI is InChI=1S/C28H32F4N6O3/c1-26(2,3)38-23(12-15-34-38)36-22-9-4-6-18(35-22)16-27(25(40)37-33-17-39)13-10-19(11-14-27)41-21-8-5-7-20(24(21)29)28(30,31)32/h4-9,12,15,17,19H,10-11,13-14,16H2,1-3H3,(H,33,39)(H,35,36)(H,37,40). The van der Waals surface area contributed by atoms with E-state index in [1.54, 1.807) is 18.3 Å². The summed E-state index contributed by atoms with van der Waals surface area (Å²) < 4.78 is 61.4. The Labute approximate surface area is 234 Å². The molecule has 13 heteroatoms. The van der Waals surface area contributed by atoms with E-state index in [1.807, 2.05) is 37.6 Å². The van der Waals surface area contributed by atoms with E-state index in [0.717, 1.165) is 18.0 Å². The number of pyridine rings is 1. The van der Waals surface area contributed by atoms with E-state index in [0.29, 0.717) is 24.0 Å². The van der Waals surface area contributed by atoms with Crippen LogP contribution in [0.15, 0.2) is 48.7 Å². The van der Waals surface area contributed by atoms with Crippen molar-refractivity contribution in [2.75, 3.05) is 5.32 Å². The van der Waals surface area contributed by atoms with Crippen LogP contribution in [-0.2, 0) is 27.7 Å². The van der Waals surface area contributed by atoms with Crippen LogP contribution in [0.25, 0.3) is 0 Å². The predicted octanol–water partition coefficient (Wildman–Crippen LogP) is 5.26. The van der Waals surface area contributed by atoms with Gasteiger partial charge in [-0.3, -0.25) is 20.4 Å². The third-order valence-corrected chi connectivity index (χ3v) is 7.04. The summed E-state index contributed by atoms with van der Waals surface area (Å²) in [7, 11) is 0. The minimum absolute atomic E-state index is 0.220. The number of rotatable bonds is 9. The van der Waals surface area contributed by atoms with Crippen molar-refractivity contribution in [3.05, 3.63) is 65.7 Å². The first kappa shape index (κ1) is 29.8. The van der Waals surface area contributed by atoms with Gasteiger partial charge in [0.05, 0.1) is 28.8 Å². The van der Waals surface area contributed by atoms with Gasteiger partial charge in [0.15, 0.2) is 11.6 Å². The maximum Gasteiger partial charge on any atom is 0.419 e. The summed E-state index contributed by atoms with van der Waals surface area (Å²) in [4.78, 5) is 28.8. The second-order valence-electron chi connectivity index (χ2n) is 11.0. The van der Waals surface area contributed by atoms with Crippen LogP contribution in [0.1, 0.15) is 57.7 Å². The van der Waals surface area contributed by atoms with Crippen molar-refractivity contribution in [3.63, 3.8) is 0 Å². The lowest BCUT2D eigenvalue weighted by molar-refractivity contribution is -0.140. The summed E-state index contributed by atoms with van der Waals surface area (Å²) in [5.41, 5.74) is 2.53. The third kappa shape index (κ3) is 6.95. The van der Waals surface area contributed by atoms with Crippen molar-refractivity contribution >= 4 is 24.0 Å². The lowest BCUT2D eigenvalue weighted by atomic mass is 9.69. The summed E-state index contributed by atoms with van der Waals surface area (Å²) in [6, 6.07) is 10.1. The average Bonchev–Trinajstić information content (AvgIpc) is 3.38. The molecule has 2 heterocycles. The molecule has 3 aromatic rings. The van der Waals surface area contributed by atoms with Crippen LogP contribution in [0.3, 0.4) is 0 Å². The van der Waals surface area contributed by atoms with Gasteiger partial charge >= 0.3 is 6.18 Å². The number of hydrogen-bond acceptors (Lipinski definition) is 6. The largest absolute Gasteiger partial charge is 0.487 e. The van der Waals surface area contributed by atoms with Gasteiger partial charge in [0.2, 0.25) is 12.3 Å². The first-order valence-corrected chi connectivity index (χ1v) is 13.1. The number of nitrogens with zero attached hydrogens (tertiary/aromatic N) is 3. The van der Waals surface area contributed by atoms with Crippen molar-refractivity contribution < 1.29 is 31.9 Å². The third-order valence-electron chi connectivity index (χ3n) is 7.04. The lowest BCUT2D eigenvalue weighted by Crippen LogP contribution is -2.50. The monoisotopic (exact) mass is 576 g/mol. The number of ether oxygens (including phenoxy) is 1. The highest BCUT2D eigenvalue weighted by molar-refractivity contribution is 5.83. The Hall–Kier alpha value is -4.16. The smallest absolute Gasteiger partial charge is 0.419 e. The van der Waals surface area contributed by atoms with Crippen molar-refractivity contribution in [3.8, 4) is 5.75 Å². The highest BCUT2D eigenvalue weighted by atomic mass is 19.4. The number of carbonyl (C=O) groups excluding carboxylic acids is 2. The van der Waals surface area contributed by atoms with Crippen LogP contribution in [0.4, 0.5) is 29.2 Å². The number of amides is 2. The fourth-order valence-electron chi connectivity index (χ4n) is 5.03. The van der Waals surface area contributed by atoms with Gasteiger partial charge in [-0.2, -0.15) is 18.3 Å². The summed E-state index contributed by atoms with van der Waals surface area (Å²) in [6.45, 7) is 6.06. The van der Waals surface area contributed by atoms with Crippen LogP contribution in [-0.4, -0.2) is 33.2 Å². The van der Waals surface area contributed by atoms with Crippen LogP contribution < -0.4 is 20.9 Å². The molecule has 41 heavy (non-hydrogen) atoms. The number of halogens is 4. The minimum Gasteiger partial charge on any atom is -0.487 e. The quantitative estimate of drug-likeness (QED) is 0.182. The maximum atomic E-state index is 14.5. The normalized spacial score (nSPS) is 19.3. The number of anilines is 2. The van der Waals surface area contributed by atoms with E-state index in [9.17, 15) is 27.2 Å². The number of aromatic nitrogens is 3. The zero-order valence-corrected chi connectivity index (χ0v) is 22.9. The first-order valence-electron chi connectivity index (χ1n) is 13.1. The van der Waals surface area contributed by atoms with Gasteiger partial charge < -0.3 is 10.1 Å². The van der Waals surface area contributed by atoms with Crippen molar-refractivity contribution in [2.24, 2.45) is 5.41 Å². The summed E-state index contributed by atoms with van der Waals surface area (Å²) in [6.07, 6.45) is -2.14. The molecule has 2 amide bonds. The summed E-state index contributed by atoms with van der Waals surface area (Å²) in [5, 5.41) is 7.63. The van der Waals surface area contributed by atoms with Crippen molar-refractivity contribution in [2.45, 2.75) is 70.7 Å². The molecule has 0 aliphatic heterocycles. The molecule has 9 nitrogen and oxygen atoms in total. The van der Waals surface area contributed by atoms with Gasteiger partial charge in [0.25, 0.3) is 0 Å². The molecule has 1 aliphatic rings. The van der Waals surface area contributed by atoms with Gasteiger partial charge in [0, 0.05) is 18.2 Å². The second kappa shape index (κ2) is 11.8. The second-order valence-corrected chi connectivity index (χ2v) is 11.0.